The Hall–Kier alpha value is -8.40. The summed E-state index contributed by atoms with van der Waals surface area (Å²) in [4.78, 5) is 4.82. The van der Waals surface area contributed by atoms with Gasteiger partial charge in [0.25, 0.3) is 0 Å². The van der Waals surface area contributed by atoms with Gasteiger partial charge < -0.3 is 14.4 Å². The van der Waals surface area contributed by atoms with Gasteiger partial charge in [-0.25, -0.2) is 0 Å². The molecule has 3 nitrogen and oxygen atoms in total. The zero-order chi connectivity index (χ0) is 42.6. The number of hydrogen-bond donors (Lipinski definition) is 0. The second-order valence-electron chi connectivity index (χ2n) is 16.7. The summed E-state index contributed by atoms with van der Waals surface area (Å²) in [5.41, 5.74) is 13.8. The Labute approximate surface area is 372 Å². The Balaban J connectivity index is 0.995. The Bertz CT molecular complexity index is 3670. The first-order chi connectivity index (χ1) is 31.7. The predicted molar refractivity (Wildman–Crippen MR) is 273 cm³/mol. The van der Waals surface area contributed by atoms with E-state index in [0.29, 0.717) is 0 Å². The van der Waals surface area contributed by atoms with Crippen LogP contribution < -0.4 is 9.80 Å². The monoisotopic (exact) mass is 817 g/mol. The van der Waals surface area contributed by atoms with Gasteiger partial charge in [-0.05, 0) is 125 Å². The largest absolute Gasteiger partial charge is 0.310 e. The minimum atomic E-state index is 1.09. The summed E-state index contributed by atoms with van der Waals surface area (Å²) < 4.78 is 2.38. The maximum Gasteiger partial charge on any atom is 0.0542 e. The van der Waals surface area contributed by atoms with Crippen LogP contribution in [0.3, 0.4) is 0 Å². The molecular weight excluding hydrogens is 775 g/mol. The van der Waals surface area contributed by atoms with Gasteiger partial charge in [-0.3, -0.25) is 0 Å². The van der Waals surface area contributed by atoms with Crippen LogP contribution in [-0.4, -0.2) is 4.57 Å². The second kappa shape index (κ2) is 15.5. The number of fused-ring (bicyclic) bond motifs is 6. The van der Waals surface area contributed by atoms with Crippen molar-refractivity contribution >= 4 is 88.2 Å². The van der Waals surface area contributed by atoms with Crippen LogP contribution in [0.2, 0.25) is 0 Å². The highest BCUT2D eigenvalue weighted by Gasteiger charge is 2.21. The van der Waals surface area contributed by atoms with Gasteiger partial charge in [-0.15, -0.1) is 0 Å². The van der Waals surface area contributed by atoms with Gasteiger partial charge in [0.2, 0.25) is 0 Å². The molecule has 0 bridgehead atoms. The van der Waals surface area contributed by atoms with Crippen LogP contribution in [0, 0.1) is 6.92 Å². The topological polar surface area (TPSA) is 11.4 Å². The van der Waals surface area contributed by atoms with E-state index in [9.17, 15) is 0 Å². The molecule has 0 unspecified atom stereocenters. The van der Waals surface area contributed by atoms with Crippen molar-refractivity contribution in [3.63, 3.8) is 0 Å². The van der Waals surface area contributed by atoms with Crippen molar-refractivity contribution in [2.24, 2.45) is 0 Å². The summed E-state index contributed by atoms with van der Waals surface area (Å²) in [6, 6.07) is 88.4. The van der Waals surface area contributed by atoms with Crippen LogP contribution in [0.15, 0.2) is 243 Å². The average Bonchev–Trinajstić information content (AvgIpc) is 3.69. The molecule has 0 aliphatic rings. The molecular formula is C61H43N3. The molecule has 0 saturated heterocycles. The van der Waals surface area contributed by atoms with Crippen LogP contribution in [0.25, 0.3) is 70.9 Å². The lowest BCUT2D eigenvalue weighted by molar-refractivity contribution is 1.18. The Morgan fingerprint density at radius 1 is 0.312 bits per heavy atom. The molecule has 1 aromatic heterocycles. The molecule has 0 aliphatic heterocycles. The summed E-state index contributed by atoms with van der Waals surface area (Å²) in [5.74, 6) is 0. The van der Waals surface area contributed by atoms with E-state index in [0.717, 1.165) is 39.8 Å². The van der Waals surface area contributed by atoms with E-state index in [1.54, 1.807) is 0 Å². The summed E-state index contributed by atoms with van der Waals surface area (Å²) in [6.45, 7) is 2.14. The molecule has 11 aromatic carbocycles. The maximum atomic E-state index is 2.42. The predicted octanol–water partition coefficient (Wildman–Crippen LogP) is 17.2. The standard InChI is InChI=1S/C61H43N3/c1-42-26-31-48(32-27-42)62(50-35-28-43-14-5-6-16-46(43)40-50)60-39-37-52(54-21-9-10-22-55(54)60)45-29-33-49(34-30-45)63(58-25-13-17-44-15-7-8-20-53(44)58)51-36-38-61-57(41-51)56-23-11-12-24-59(56)64(61)47-18-3-2-4-19-47/h2-41H,1H3. The average molecular weight is 818 g/mol. The van der Waals surface area contributed by atoms with Gasteiger partial charge >= 0.3 is 0 Å². The lowest BCUT2D eigenvalue weighted by atomic mass is 9.95. The van der Waals surface area contributed by atoms with Crippen LogP contribution in [0.1, 0.15) is 5.56 Å². The van der Waals surface area contributed by atoms with Gasteiger partial charge in [-0.2, -0.15) is 0 Å². The highest BCUT2D eigenvalue weighted by Crippen LogP contribution is 2.45. The molecule has 64 heavy (non-hydrogen) atoms. The van der Waals surface area contributed by atoms with Crippen LogP contribution >= 0.6 is 0 Å². The fourth-order valence-electron chi connectivity index (χ4n) is 9.74. The smallest absolute Gasteiger partial charge is 0.0542 e. The number of nitrogens with zero attached hydrogens (tertiary/aromatic N) is 3. The molecule has 12 rings (SSSR count). The highest BCUT2D eigenvalue weighted by molar-refractivity contribution is 6.12. The fourth-order valence-corrected chi connectivity index (χ4v) is 9.74. The van der Waals surface area contributed by atoms with Crippen molar-refractivity contribution < 1.29 is 0 Å². The molecule has 3 heteroatoms. The number of anilines is 6. The number of aromatic nitrogens is 1. The quantitative estimate of drug-likeness (QED) is 0.151. The SMILES string of the molecule is Cc1ccc(N(c2ccc3ccccc3c2)c2ccc(-c3ccc(N(c4ccc5c(c4)c4ccccc4n5-c4ccccc4)c4cccc5ccccc45)cc3)c3ccccc23)cc1. The zero-order valence-corrected chi connectivity index (χ0v) is 35.4. The Kier molecular flexibility index (Phi) is 9.05. The third-order valence-electron chi connectivity index (χ3n) is 12.8. The van der Waals surface area contributed by atoms with E-state index in [2.05, 4.69) is 264 Å². The first-order valence-electron chi connectivity index (χ1n) is 22.0. The van der Waals surface area contributed by atoms with Crippen LogP contribution in [0.5, 0.6) is 0 Å². The van der Waals surface area contributed by atoms with Crippen LogP contribution in [0.4, 0.5) is 34.1 Å². The minimum Gasteiger partial charge on any atom is -0.310 e. The molecule has 0 fully saturated rings. The first kappa shape index (κ1) is 37.4. The molecule has 0 N–H and O–H groups in total. The third kappa shape index (κ3) is 6.37. The highest BCUT2D eigenvalue weighted by atomic mass is 15.1. The van der Waals surface area contributed by atoms with Gasteiger partial charge in [0, 0.05) is 50.0 Å². The van der Waals surface area contributed by atoms with Crippen LogP contribution in [-0.2, 0) is 0 Å². The minimum absolute atomic E-state index is 1.09. The molecule has 0 aliphatic carbocycles. The number of para-hydroxylation sites is 2. The zero-order valence-electron chi connectivity index (χ0n) is 35.4. The lowest BCUT2D eigenvalue weighted by Gasteiger charge is -2.28. The van der Waals surface area contributed by atoms with Gasteiger partial charge in [0.05, 0.1) is 22.4 Å². The molecule has 0 atom stereocenters. The number of aryl methyl sites for hydroxylation is 1. The molecule has 12 aromatic rings. The van der Waals surface area contributed by atoms with E-state index < -0.39 is 0 Å². The molecule has 0 amide bonds. The van der Waals surface area contributed by atoms with Crippen molar-refractivity contribution in [1.29, 1.82) is 0 Å². The van der Waals surface area contributed by atoms with E-state index in [1.807, 2.05) is 0 Å². The number of benzene rings is 11. The third-order valence-corrected chi connectivity index (χ3v) is 12.8. The molecule has 0 spiro atoms. The number of rotatable bonds is 8. The second-order valence-corrected chi connectivity index (χ2v) is 16.7. The van der Waals surface area contributed by atoms with Crippen molar-refractivity contribution in [3.8, 4) is 16.8 Å². The Morgan fingerprint density at radius 3 is 1.64 bits per heavy atom. The maximum absolute atomic E-state index is 2.42. The van der Waals surface area contributed by atoms with Gasteiger partial charge in [0.1, 0.15) is 0 Å². The summed E-state index contributed by atoms with van der Waals surface area (Å²) in [5, 5.41) is 9.70. The molecule has 1 heterocycles. The summed E-state index contributed by atoms with van der Waals surface area (Å²) in [6.07, 6.45) is 0. The molecule has 302 valence electrons. The first-order valence-corrected chi connectivity index (χ1v) is 22.0. The van der Waals surface area contributed by atoms with E-state index >= 15 is 0 Å². The van der Waals surface area contributed by atoms with E-state index in [1.165, 1.54) is 70.8 Å². The van der Waals surface area contributed by atoms with Crippen molar-refractivity contribution in [1.82, 2.24) is 4.57 Å². The van der Waals surface area contributed by atoms with Crippen molar-refractivity contribution in [2.75, 3.05) is 9.80 Å². The fraction of sp³-hybridized carbons (Fsp3) is 0.0164. The van der Waals surface area contributed by atoms with E-state index in [4.69, 9.17) is 0 Å². The lowest BCUT2D eigenvalue weighted by Crippen LogP contribution is -2.11. The van der Waals surface area contributed by atoms with Crippen molar-refractivity contribution in [2.45, 2.75) is 6.92 Å². The molecule has 0 radical (unpaired) electrons. The normalized spacial score (nSPS) is 11.5. The summed E-state index contributed by atoms with van der Waals surface area (Å²) in [7, 11) is 0. The van der Waals surface area contributed by atoms with Gasteiger partial charge in [-0.1, -0.05) is 163 Å². The summed E-state index contributed by atoms with van der Waals surface area (Å²) >= 11 is 0. The van der Waals surface area contributed by atoms with Gasteiger partial charge in [0.15, 0.2) is 0 Å². The van der Waals surface area contributed by atoms with E-state index in [-0.39, 0.29) is 0 Å². The Morgan fingerprint density at radius 2 is 0.859 bits per heavy atom. The number of hydrogen-bond acceptors (Lipinski definition) is 2. The van der Waals surface area contributed by atoms with Crippen molar-refractivity contribution in [3.05, 3.63) is 248 Å². The molecule has 0 saturated carbocycles.